The summed E-state index contributed by atoms with van der Waals surface area (Å²) in [7, 11) is 0. The van der Waals surface area contributed by atoms with Gasteiger partial charge in [0.15, 0.2) is 0 Å². The summed E-state index contributed by atoms with van der Waals surface area (Å²) in [5.41, 5.74) is 6.11. The lowest BCUT2D eigenvalue weighted by atomic mass is 9.90. The third-order valence-corrected chi connectivity index (χ3v) is 2.50. The van der Waals surface area contributed by atoms with Crippen molar-refractivity contribution < 1.29 is 14.8 Å². The van der Waals surface area contributed by atoms with Gasteiger partial charge in [-0.05, 0) is 11.6 Å². The zero-order chi connectivity index (χ0) is 11.0. The standard InChI is InChI=1S/C10H10N2O3/c11-9(13)8-5-12(15)10(14)7-4-2-1-3-6(7)8/h1-4,8,15H,5H2,(H2,11,13). The molecular weight excluding hydrogens is 196 g/mol. The number of carbonyl (C=O) groups is 2. The number of primary amides is 1. The van der Waals surface area contributed by atoms with Crippen LogP contribution in [0.15, 0.2) is 24.3 Å². The molecule has 2 rings (SSSR count). The Morgan fingerprint density at radius 3 is 2.80 bits per heavy atom. The van der Waals surface area contributed by atoms with E-state index < -0.39 is 17.7 Å². The predicted molar refractivity (Wildman–Crippen MR) is 51.2 cm³/mol. The molecule has 0 saturated heterocycles. The number of amides is 2. The van der Waals surface area contributed by atoms with Gasteiger partial charge in [0.25, 0.3) is 5.91 Å². The highest BCUT2D eigenvalue weighted by Crippen LogP contribution is 2.26. The van der Waals surface area contributed by atoms with E-state index in [1.54, 1.807) is 24.3 Å². The van der Waals surface area contributed by atoms with Crippen molar-refractivity contribution in [3.05, 3.63) is 35.4 Å². The van der Waals surface area contributed by atoms with Gasteiger partial charge in [-0.15, -0.1) is 0 Å². The fourth-order valence-electron chi connectivity index (χ4n) is 1.73. The maximum absolute atomic E-state index is 11.5. The number of hydrogen-bond acceptors (Lipinski definition) is 3. The first-order valence-corrected chi connectivity index (χ1v) is 4.50. The molecule has 1 heterocycles. The van der Waals surface area contributed by atoms with Crippen LogP contribution >= 0.6 is 0 Å². The van der Waals surface area contributed by atoms with Crippen molar-refractivity contribution in [1.29, 1.82) is 0 Å². The molecule has 2 amide bonds. The van der Waals surface area contributed by atoms with Crippen LogP contribution in [0, 0.1) is 0 Å². The van der Waals surface area contributed by atoms with Crippen molar-refractivity contribution in [2.75, 3.05) is 6.54 Å². The quantitative estimate of drug-likeness (QED) is 0.639. The van der Waals surface area contributed by atoms with Crippen LogP contribution < -0.4 is 5.73 Å². The van der Waals surface area contributed by atoms with Crippen LogP contribution in [0.4, 0.5) is 0 Å². The van der Waals surface area contributed by atoms with Gasteiger partial charge >= 0.3 is 0 Å². The second kappa shape index (κ2) is 3.36. The van der Waals surface area contributed by atoms with Gasteiger partial charge in [0, 0.05) is 5.56 Å². The van der Waals surface area contributed by atoms with Crippen LogP contribution in [0.1, 0.15) is 21.8 Å². The topological polar surface area (TPSA) is 83.6 Å². The van der Waals surface area contributed by atoms with Crippen molar-refractivity contribution in [2.45, 2.75) is 5.92 Å². The monoisotopic (exact) mass is 206 g/mol. The minimum Gasteiger partial charge on any atom is -0.369 e. The number of carbonyl (C=O) groups excluding carboxylic acids is 2. The van der Waals surface area contributed by atoms with E-state index in [9.17, 15) is 14.8 Å². The molecule has 1 aliphatic heterocycles. The Morgan fingerprint density at radius 1 is 1.47 bits per heavy atom. The van der Waals surface area contributed by atoms with Crippen LogP contribution in [0.2, 0.25) is 0 Å². The van der Waals surface area contributed by atoms with E-state index in [0.29, 0.717) is 16.2 Å². The number of nitrogens with zero attached hydrogens (tertiary/aromatic N) is 1. The lowest BCUT2D eigenvalue weighted by molar-refractivity contribution is -0.123. The first-order chi connectivity index (χ1) is 7.11. The summed E-state index contributed by atoms with van der Waals surface area (Å²) in [6, 6.07) is 6.65. The number of hydrogen-bond donors (Lipinski definition) is 2. The Balaban J connectivity index is 2.54. The zero-order valence-electron chi connectivity index (χ0n) is 7.88. The van der Waals surface area contributed by atoms with Crippen LogP contribution in [0.5, 0.6) is 0 Å². The van der Waals surface area contributed by atoms with Crippen molar-refractivity contribution >= 4 is 11.8 Å². The van der Waals surface area contributed by atoms with Crippen LogP contribution in [-0.4, -0.2) is 28.6 Å². The molecule has 15 heavy (non-hydrogen) atoms. The van der Waals surface area contributed by atoms with Gasteiger partial charge in [0.05, 0.1) is 12.5 Å². The molecule has 5 nitrogen and oxygen atoms in total. The second-order valence-electron chi connectivity index (χ2n) is 3.43. The van der Waals surface area contributed by atoms with Crippen molar-refractivity contribution in [2.24, 2.45) is 5.73 Å². The molecule has 0 radical (unpaired) electrons. The normalized spacial score (nSPS) is 19.9. The number of rotatable bonds is 1. The van der Waals surface area contributed by atoms with Gasteiger partial charge in [-0.25, -0.2) is 5.06 Å². The molecule has 1 aromatic carbocycles. The van der Waals surface area contributed by atoms with Gasteiger partial charge in [-0.3, -0.25) is 14.8 Å². The third-order valence-electron chi connectivity index (χ3n) is 2.50. The smallest absolute Gasteiger partial charge is 0.277 e. The Hall–Kier alpha value is -1.88. The largest absolute Gasteiger partial charge is 0.369 e. The summed E-state index contributed by atoms with van der Waals surface area (Å²) in [6.07, 6.45) is 0. The maximum Gasteiger partial charge on any atom is 0.277 e. The molecule has 5 heteroatoms. The highest BCUT2D eigenvalue weighted by atomic mass is 16.5. The Morgan fingerprint density at radius 2 is 2.13 bits per heavy atom. The molecule has 0 fully saturated rings. The Labute approximate surface area is 86.1 Å². The lowest BCUT2D eigenvalue weighted by Crippen LogP contribution is -2.41. The fourth-order valence-corrected chi connectivity index (χ4v) is 1.73. The van der Waals surface area contributed by atoms with E-state index in [1.165, 1.54) is 0 Å². The van der Waals surface area contributed by atoms with E-state index in [0.717, 1.165) is 0 Å². The molecule has 0 aromatic heterocycles. The Bertz CT molecular complexity index is 430. The summed E-state index contributed by atoms with van der Waals surface area (Å²) in [6.45, 7) is -0.0782. The van der Waals surface area contributed by atoms with Gasteiger partial charge < -0.3 is 5.73 Å². The lowest BCUT2D eigenvalue weighted by Gasteiger charge is -2.28. The summed E-state index contributed by atoms with van der Waals surface area (Å²) in [4.78, 5) is 22.7. The molecule has 0 saturated carbocycles. The zero-order valence-corrected chi connectivity index (χ0v) is 7.88. The minimum atomic E-state index is -0.635. The highest BCUT2D eigenvalue weighted by Gasteiger charge is 2.33. The Kier molecular flexibility index (Phi) is 2.17. The maximum atomic E-state index is 11.5. The van der Waals surface area contributed by atoms with Crippen LogP contribution in [0.25, 0.3) is 0 Å². The average molecular weight is 206 g/mol. The molecule has 78 valence electrons. The first kappa shape index (κ1) is 9.67. The van der Waals surface area contributed by atoms with Gasteiger partial charge in [0.2, 0.25) is 5.91 Å². The average Bonchev–Trinajstić information content (AvgIpc) is 2.23. The molecule has 1 atom stereocenters. The van der Waals surface area contributed by atoms with E-state index in [1.807, 2.05) is 0 Å². The van der Waals surface area contributed by atoms with E-state index in [2.05, 4.69) is 0 Å². The van der Waals surface area contributed by atoms with Crippen molar-refractivity contribution in [1.82, 2.24) is 5.06 Å². The molecule has 0 aliphatic carbocycles. The minimum absolute atomic E-state index is 0.0782. The van der Waals surface area contributed by atoms with Gasteiger partial charge in [0.1, 0.15) is 0 Å². The molecule has 0 spiro atoms. The molecule has 1 aromatic rings. The van der Waals surface area contributed by atoms with E-state index in [4.69, 9.17) is 5.73 Å². The summed E-state index contributed by atoms with van der Waals surface area (Å²) >= 11 is 0. The third kappa shape index (κ3) is 1.46. The molecule has 1 unspecified atom stereocenters. The number of nitrogens with two attached hydrogens (primary N) is 1. The van der Waals surface area contributed by atoms with Crippen molar-refractivity contribution in [3.63, 3.8) is 0 Å². The summed E-state index contributed by atoms with van der Waals surface area (Å²) in [5, 5.41) is 9.85. The van der Waals surface area contributed by atoms with Crippen LogP contribution in [0.3, 0.4) is 0 Å². The van der Waals surface area contributed by atoms with E-state index >= 15 is 0 Å². The second-order valence-corrected chi connectivity index (χ2v) is 3.43. The first-order valence-electron chi connectivity index (χ1n) is 4.50. The van der Waals surface area contributed by atoms with E-state index in [-0.39, 0.29) is 6.54 Å². The summed E-state index contributed by atoms with van der Waals surface area (Å²) < 4.78 is 0. The number of fused-ring (bicyclic) bond motifs is 1. The van der Waals surface area contributed by atoms with Crippen LogP contribution in [-0.2, 0) is 4.79 Å². The number of benzene rings is 1. The number of hydroxylamine groups is 2. The van der Waals surface area contributed by atoms with Gasteiger partial charge in [-0.1, -0.05) is 18.2 Å². The highest BCUT2D eigenvalue weighted by molar-refractivity contribution is 5.99. The molecule has 3 N–H and O–H groups in total. The SMILES string of the molecule is NC(=O)C1CN(O)C(=O)c2ccccc21. The fraction of sp³-hybridized carbons (Fsp3) is 0.200. The molecular formula is C10H10N2O3. The summed E-state index contributed by atoms with van der Waals surface area (Å²) in [5.74, 6) is -1.68. The van der Waals surface area contributed by atoms with Crippen molar-refractivity contribution in [3.8, 4) is 0 Å². The molecule has 0 bridgehead atoms. The van der Waals surface area contributed by atoms with Gasteiger partial charge in [-0.2, -0.15) is 0 Å². The predicted octanol–water partition coefficient (Wildman–Crippen LogP) is 0.100. The molecule has 1 aliphatic rings.